The largest absolute Gasteiger partial charge is 0.276 e. The third-order valence-electron chi connectivity index (χ3n) is 3.75. The van der Waals surface area contributed by atoms with Gasteiger partial charge in [0.25, 0.3) is 11.5 Å². The Labute approximate surface area is 141 Å². The van der Waals surface area contributed by atoms with Crippen LogP contribution in [0.15, 0.2) is 53.8 Å². The molecule has 0 bridgehead atoms. The monoisotopic (exact) mass is 341 g/mol. The Hall–Kier alpha value is -2.94. The summed E-state index contributed by atoms with van der Waals surface area (Å²) in [4.78, 5) is 15.8. The summed E-state index contributed by atoms with van der Waals surface area (Å²) in [5.74, 6) is 2.49. The van der Waals surface area contributed by atoms with Crippen molar-refractivity contribution in [2.45, 2.75) is 11.8 Å². The summed E-state index contributed by atoms with van der Waals surface area (Å²) >= 11 is 1.60. The molecule has 24 heavy (non-hydrogen) atoms. The van der Waals surface area contributed by atoms with E-state index in [9.17, 15) is 10.1 Å². The van der Waals surface area contributed by atoms with Crippen molar-refractivity contribution in [2.24, 2.45) is 0 Å². The number of aromatic nitrogens is 4. The van der Waals surface area contributed by atoms with Gasteiger partial charge in [0.05, 0.1) is 11.1 Å². The lowest BCUT2D eigenvalue weighted by Crippen LogP contribution is -2.34. The number of fused-ring (bicyclic) bond motifs is 1. The molecule has 0 radical (unpaired) electrons. The van der Waals surface area contributed by atoms with Gasteiger partial charge in [-0.3, -0.25) is 14.7 Å². The van der Waals surface area contributed by atoms with Gasteiger partial charge in [-0.1, -0.05) is 6.07 Å². The first-order chi connectivity index (χ1) is 11.7. The average molecular weight is 341 g/mol. The molecule has 2 aromatic heterocycles. The summed E-state index contributed by atoms with van der Waals surface area (Å²) in [6, 6.07) is 12.3. The highest BCUT2D eigenvalue weighted by molar-refractivity contribution is 7.99. The molecule has 0 unspecified atom stereocenters. The molecule has 3 aromatic rings. The lowest BCUT2D eigenvalue weighted by Gasteiger charge is -2.22. The molecule has 0 amide bonds. The fraction of sp³-hybridized carbons (Fsp3) is 0.133. The van der Waals surface area contributed by atoms with Gasteiger partial charge in [0.1, 0.15) is 5.88 Å². The van der Waals surface area contributed by atoms with Crippen LogP contribution in [0.25, 0.3) is 11.4 Å². The summed E-state index contributed by atoms with van der Waals surface area (Å²) in [6.45, 7) is 0.613. The number of nitrogens with zero attached hydrogens (tertiary/aromatic N) is 5. The summed E-state index contributed by atoms with van der Waals surface area (Å²) in [6.07, 6.45) is 1.89. The zero-order valence-electron chi connectivity index (χ0n) is 12.5. The third-order valence-corrected chi connectivity index (χ3v) is 4.75. The van der Waals surface area contributed by atoms with Crippen LogP contribution in [-0.4, -0.2) is 25.6 Å². The van der Waals surface area contributed by atoms with Crippen LogP contribution in [0.4, 0.5) is 11.5 Å². The predicted molar refractivity (Wildman–Crippen MR) is 88.3 cm³/mol. The predicted octanol–water partition coefficient (Wildman–Crippen LogP) is 2.19. The Balaban J connectivity index is 1.66. The van der Waals surface area contributed by atoms with Crippen molar-refractivity contribution in [3.63, 3.8) is 0 Å². The number of thioether (sulfide) groups is 1. The van der Waals surface area contributed by atoms with Crippen molar-refractivity contribution in [3.05, 3.63) is 58.8 Å². The number of anilines is 1. The van der Waals surface area contributed by atoms with Crippen molar-refractivity contribution in [3.8, 4) is 11.4 Å². The number of hydrogen-bond acceptors (Lipinski definition) is 6. The first kappa shape index (κ1) is 14.6. The molecule has 1 aliphatic heterocycles. The van der Waals surface area contributed by atoms with Gasteiger partial charge < -0.3 is 0 Å². The van der Waals surface area contributed by atoms with Gasteiger partial charge in [-0.25, -0.2) is 9.88 Å². The maximum absolute atomic E-state index is 10.8. The van der Waals surface area contributed by atoms with Gasteiger partial charge >= 0.3 is 0 Å². The van der Waals surface area contributed by atoms with Crippen LogP contribution in [0.1, 0.15) is 0 Å². The Morgan fingerprint density at radius 3 is 2.71 bits per heavy atom. The van der Waals surface area contributed by atoms with Crippen LogP contribution in [0.2, 0.25) is 0 Å². The minimum atomic E-state index is -0.411. The van der Waals surface area contributed by atoms with Crippen molar-refractivity contribution >= 4 is 23.3 Å². The summed E-state index contributed by atoms with van der Waals surface area (Å²) in [5, 5.41) is 20.1. The van der Waals surface area contributed by atoms with Crippen molar-refractivity contribution in [2.75, 3.05) is 10.8 Å². The van der Waals surface area contributed by atoms with E-state index in [2.05, 4.69) is 20.1 Å². The maximum atomic E-state index is 10.8. The third kappa shape index (κ3) is 2.58. The summed E-state index contributed by atoms with van der Waals surface area (Å²) < 4.78 is 2.01. The van der Waals surface area contributed by atoms with E-state index in [4.69, 9.17) is 0 Å². The second-order valence-electron chi connectivity index (χ2n) is 5.24. The molecular weight excluding hydrogens is 328 g/mol. The molecule has 4 rings (SSSR count). The molecule has 8 nitrogen and oxygen atoms in total. The molecule has 0 fully saturated rings. The van der Waals surface area contributed by atoms with Crippen LogP contribution in [0.3, 0.4) is 0 Å². The van der Waals surface area contributed by atoms with Gasteiger partial charge in [0.15, 0.2) is 17.6 Å². The number of H-pyrrole nitrogens is 1. The quantitative estimate of drug-likeness (QED) is 0.536. The Bertz CT molecular complexity index is 881. The molecule has 0 aliphatic carbocycles. The molecule has 0 spiro atoms. The van der Waals surface area contributed by atoms with Crippen LogP contribution in [0.5, 0.6) is 0 Å². The standard InChI is InChI=1S/C15H12N6O2S/c22-21(23)12-6-4-11(5-7-12)14-17-18-15-20(14)9-19(10-24-15)13-3-1-2-8-16-13/h1-8H,9-10H2/p+1. The van der Waals surface area contributed by atoms with Gasteiger partial charge in [-0.05, 0) is 30.0 Å². The van der Waals surface area contributed by atoms with Gasteiger partial charge in [0, 0.05) is 23.8 Å². The summed E-state index contributed by atoms with van der Waals surface area (Å²) in [5.41, 5.74) is 0.867. The van der Waals surface area contributed by atoms with E-state index in [0.29, 0.717) is 12.5 Å². The number of aromatic amines is 1. The van der Waals surface area contributed by atoms with Crippen LogP contribution in [0, 0.1) is 10.1 Å². The normalized spacial score (nSPS) is 13.6. The number of pyridine rings is 1. The Kier molecular flexibility index (Phi) is 3.62. The lowest BCUT2D eigenvalue weighted by molar-refractivity contribution is -0.384. The van der Waals surface area contributed by atoms with Crippen LogP contribution >= 0.6 is 11.8 Å². The second-order valence-corrected chi connectivity index (χ2v) is 6.15. The first-order valence-corrected chi connectivity index (χ1v) is 8.23. The smallest absolute Gasteiger partial charge is 0.264 e. The second kappa shape index (κ2) is 5.93. The molecule has 0 saturated carbocycles. The van der Waals surface area contributed by atoms with E-state index in [-0.39, 0.29) is 5.69 Å². The maximum Gasteiger partial charge on any atom is 0.276 e. The highest BCUT2D eigenvalue weighted by Crippen LogP contribution is 2.30. The number of hydrogen-bond donors (Lipinski definition) is 0. The van der Waals surface area contributed by atoms with E-state index in [0.717, 1.165) is 22.4 Å². The Morgan fingerprint density at radius 2 is 2.00 bits per heavy atom. The molecule has 1 N–H and O–H groups in total. The first-order valence-electron chi connectivity index (χ1n) is 7.25. The van der Waals surface area contributed by atoms with Gasteiger partial charge in [-0.15, -0.1) is 10.2 Å². The number of rotatable bonds is 3. The molecule has 3 heterocycles. The molecule has 0 saturated heterocycles. The molecule has 1 aromatic carbocycles. The number of nitro benzene ring substituents is 1. The van der Waals surface area contributed by atoms with E-state index in [1.54, 1.807) is 23.9 Å². The lowest BCUT2D eigenvalue weighted by atomic mass is 10.2. The minimum absolute atomic E-state index is 0.0621. The van der Waals surface area contributed by atoms with Gasteiger partial charge in [0.2, 0.25) is 0 Å². The molecule has 9 heteroatoms. The highest BCUT2D eigenvalue weighted by atomic mass is 32.2. The van der Waals surface area contributed by atoms with Crippen LogP contribution < -0.4 is 9.88 Å². The van der Waals surface area contributed by atoms with E-state index in [1.165, 1.54) is 12.1 Å². The fourth-order valence-corrected chi connectivity index (χ4v) is 3.43. The van der Waals surface area contributed by atoms with Crippen molar-refractivity contribution in [1.82, 2.24) is 14.8 Å². The molecule has 120 valence electrons. The van der Waals surface area contributed by atoms with Crippen LogP contribution in [-0.2, 0) is 6.67 Å². The number of benzene rings is 1. The molecule has 0 atom stereocenters. The fourth-order valence-electron chi connectivity index (χ4n) is 2.54. The number of nitro groups is 1. The van der Waals surface area contributed by atoms with E-state index in [1.807, 2.05) is 29.0 Å². The highest BCUT2D eigenvalue weighted by Gasteiger charge is 2.27. The van der Waals surface area contributed by atoms with Gasteiger partial charge in [-0.2, -0.15) is 0 Å². The zero-order valence-corrected chi connectivity index (χ0v) is 13.3. The number of nitrogens with one attached hydrogen (secondary N) is 1. The van der Waals surface area contributed by atoms with E-state index >= 15 is 0 Å². The zero-order chi connectivity index (χ0) is 16.5. The minimum Gasteiger partial charge on any atom is -0.264 e. The van der Waals surface area contributed by atoms with Crippen molar-refractivity contribution < 1.29 is 9.91 Å². The Morgan fingerprint density at radius 1 is 1.17 bits per heavy atom. The SMILES string of the molecule is O=[N+]([O-])c1ccc(-c2nnc3n2CN(c2cccc[nH+]2)CS3)cc1. The molecule has 1 aliphatic rings. The van der Waals surface area contributed by atoms with E-state index < -0.39 is 4.92 Å². The van der Waals surface area contributed by atoms with Crippen molar-refractivity contribution in [1.29, 1.82) is 0 Å². The topological polar surface area (TPSA) is 91.2 Å². The summed E-state index contributed by atoms with van der Waals surface area (Å²) in [7, 11) is 0. The molecular formula is C15H13N6O2S+. The average Bonchev–Trinajstić information content (AvgIpc) is 3.05. The number of non-ortho nitro benzene ring substituents is 1.